The molecule has 1 saturated heterocycles. The van der Waals surface area contributed by atoms with E-state index in [1.165, 1.54) is 6.92 Å². The van der Waals surface area contributed by atoms with Crippen LogP contribution in [0.25, 0.3) is 0 Å². The van der Waals surface area contributed by atoms with Gasteiger partial charge >= 0.3 is 5.97 Å². The highest BCUT2D eigenvalue weighted by Crippen LogP contribution is 2.16. The first-order chi connectivity index (χ1) is 4.29. The monoisotopic (exact) mass is 148 g/mol. The van der Waals surface area contributed by atoms with E-state index in [9.17, 15) is 4.79 Å². The first-order valence-corrected chi connectivity index (χ1v) is 3.81. The van der Waals surface area contributed by atoms with E-state index in [0.29, 0.717) is 5.94 Å². The average molecular weight is 148 g/mol. The second kappa shape index (κ2) is 3.08. The largest absolute Gasteiger partial charge is 0.435 e. The maximum absolute atomic E-state index is 10.3. The molecule has 1 rings (SSSR count). The number of hydrogen-bond acceptors (Lipinski definition) is 4. The molecule has 1 fully saturated rings. The quantitative estimate of drug-likeness (QED) is 0.510. The Morgan fingerprint density at radius 1 is 1.89 bits per heavy atom. The van der Waals surface area contributed by atoms with Crippen LogP contribution in [0.1, 0.15) is 6.92 Å². The van der Waals surface area contributed by atoms with E-state index in [1.54, 1.807) is 11.8 Å². The topological polar surface area (TPSA) is 35.5 Å². The van der Waals surface area contributed by atoms with Crippen LogP contribution in [-0.4, -0.2) is 24.0 Å². The standard InChI is InChI=1S/C5H8O3S/c1-4(6)8-5-2-9-3-7-5/h5H,2-3H2,1H3. The highest BCUT2D eigenvalue weighted by atomic mass is 32.2. The maximum Gasteiger partial charge on any atom is 0.304 e. The molecule has 0 aromatic carbocycles. The zero-order chi connectivity index (χ0) is 6.69. The molecule has 1 atom stereocenters. The van der Waals surface area contributed by atoms with E-state index in [4.69, 9.17) is 9.47 Å². The predicted molar refractivity (Wildman–Crippen MR) is 34.0 cm³/mol. The molecule has 0 amide bonds. The van der Waals surface area contributed by atoms with Crippen molar-refractivity contribution in [1.82, 2.24) is 0 Å². The molecule has 0 spiro atoms. The van der Waals surface area contributed by atoms with E-state index < -0.39 is 0 Å². The second-order valence-corrected chi connectivity index (χ2v) is 2.67. The molecule has 52 valence electrons. The Kier molecular flexibility index (Phi) is 2.36. The molecular formula is C5H8O3S. The summed E-state index contributed by atoms with van der Waals surface area (Å²) in [5.41, 5.74) is 0. The second-order valence-electron chi connectivity index (χ2n) is 1.69. The molecule has 0 aromatic heterocycles. The highest BCUT2D eigenvalue weighted by molar-refractivity contribution is 7.99. The fourth-order valence-electron chi connectivity index (χ4n) is 0.570. The summed E-state index contributed by atoms with van der Waals surface area (Å²) < 4.78 is 9.71. The number of carbonyl (C=O) groups is 1. The van der Waals surface area contributed by atoms with E-state index in [-0.39, 0.29) is 12.3 Å². The third kappa shape index (κ3) is 2.24. The van der Waals surface area contributed by atoms with Gasteiger partial charge in [0.15, 0.2) is 0 Å². The molecule has 1 aliphatic heterocycles. The SMILES string of the molecule is CC(=O)OC1CSCO1. The minimum Gasteiger partial charge on any atom is -0.435 e. The molecule has 1 unspecified atom stereocenters. The number of ether oxygens (including phenoxy) is 2. The lowest BCUT2D eigenvalue weighted by molar-refractivity contribution is -0.165. The van der Waals surface area contributed by atoms with Crippen LogP contribution >= 0.6 is 11.8 Å². The summed E-state index contributed by atoms with van der Waals surface area (Å²) in [6, 6.07) is 0. The number of hydrogen-bond donors (Lipinski definition) is 0. The van der Waals surface area contributed by atoms with Gasteiger partial charge in [0.25, 0.3) is 0 Å². The van der Waals surface area contributed by atoms with Crippen molar-refractivity contribution in [3.05, 3.63) is 0 Å². The fraction of sp³-hybridized carbons (Fsp3) is 0.800. The lowest BCUT2D eigenvalue weighted by Gasteiger charge is -2.06. The number of esters is 1. The van der Waals surface area contributed by atoms with Crippen LogP contribution in [-0.2, 0) is 14.3 Å². The highest BCUT2D eigenvalue weighted by Gasteiger charge is 2.17. The molecule has 1 heterocycles. The Labute approximate surface area is 57.7 Å². The van der Waals surface area contributed by atoms with Crippen LogP contribution in [0.3, 0.4) is 0 Å². The van der Waals surface area contributed by atoms with Crippen LogP contribution in [0.2, 0.25) is 0 Å². The lowest BCUT2D eigenvalue weighted by Crippen LogP contribution is -2.16. The van der Waals surface area contributed by atoms with Gasteiger partial charge in [-0.05, 0) is 0 Å². The number of rotatable bonds is 1. The summed E-state index contributed by atoms with van der Waals surface area (Å²) >= 11 is 1.62. The normalized spacial score (nSPS) is 26.1. The molecule has 0 aliphatic carbocycles. The maximum atomic E-state index is 10.3. The predicted octanol–water partition coefficient (Wildman–Crippen LogP) is 0.596. The van der Waals surface area contributed by atoms with Crippen molar-refractivity contribution in [2.24, 2.45) is 0 Å². The third-order valence-electron chi connectivity index (χ3n) is 0.889. The van der Waals surface area contributed by atoms with Gasteiger partial charge in [0.1, 0.15) is 0 Å². The summed E-state index contributed by atoms with van der Waals surface area (Å²) in [5.74, 6) is 1.12. The van der Waals surface area contributed by atoms with Crippen molar-refractivity contribution in [1.29, 1.82) is 0 Å². The molecule has 3 nitrogen and oxygen atoms in total. The minimum absolute atomic E-state index is 0.275. The Hall–Kier alpha value is -0.220. The molecule has 4 heteroatoms. The summed E-state index contributed by atoms with van der Waals surface area (Å²) in [5, 5.41) is 0. The van der Waals surface area contributed by atoms with E-state index in [1.807, 2.05) is 0 Å². The fourth-order valence-corrected chi connectivity index (χ4v) is 1.27. The number of carbonyl (C=O) groups excluding carboxylic acids is 1. The Balaban J connectivity index is 2.19. The Bertz CT molecular complexity index is 109. The van der Waals surface area contributed by atoms with Gasteiger partial charge < -0.3 is 9.47 Å². The number of thioether (sulfide) groups is 1. The lowest BCUT2D eigenvalue weighted by atomic mass is 10.7. The van der Waals surface area contributed by atoms with Gasteiger partial charge in [-0.25, -0.2) is 0 Å². The van der Waals surface area contributed by atoms with Crippen LogP contribution in [0.4, 0.5) is 0 Å². The van der Waals surface area contributed by atoms with Gasteiger partial charge in [0, 0.05) is 6.92 Å². The summed E-state index contributed by atoms with van der Waals surface area (Å²) in [6.45, 7) is 1.38. The smallest absolute Gasteiger partial charge is 0.304 e. The van der Waals surface area contributed by atoms with Crippen molar-refractivity contribution < 1.29 is 14.3 Å². The van der Waals surface area contributed by atoms with Gasteiger partial charge in [-0.2, -0.15) is 0 Å². The van der Waals surface area contributed by atoms with Crippen LogP contribution in [0, 0.1) is 0 Å². The molecule has 0 saturated carbocycles. The molecule has 0 radical (unpaired) electrons. The summed E-state index contributed by atoms with van der Waals surface area (Å²) in [4.78, 5) is 10.3. The van der Waals surface area contributed by atoms with E-state index in [0.717, 1.165) is 5.75 Å². The van der Waals surface area contributed by atoms with E-state index >= 15 is 0 Å². The average Bonchev–Trinajstić information content (AvgIpc) is 2.15. The molecule has 0 aromatic rings. The molecule has 1 aliphatic rings. The molecule has 0 bridgehead atoms. The van der Waals surface area contributed by atoms with Crippen LogP contribution < -0.4 is 0 Å². The Morgan fingerprint density at radius 3 is 3.11 bits per heavy atom. The van der Waals surface area contributed by atoms with Gasteiger partial charge in [0.2, 0.25) is 6.29 Å². The zero-order valence-corrected chi connectivity index (χ0v) is 5.94. The van der Waals surface area contributed by atoms with Crippen LogP contribution in [0.5, 0.6) is 0 Å². The van der Waals surface area contributed by atoms with Gasteiger partial charge in [-0.3, -0.25) is 4.79 Å². The van der Waals surface area contributed by atoms with Crippen molar-refractivity contribution >= 4 is 17.7 Å². The molecule has 0 N–H and O–H groups in total. The van der Waals surface area contributed by atoms with E-state index in [2.05, 4.69) is 0 Å². The molecular weight excluding hydrogens is 140 g/mol. The van der Waals surface area contributed by atoms with Gasteiger partial charge in [-0.15, -0.1) is 11.8 Å². The van der Waals surface area contributed by atoms with Gasteiger partial charge in [0.05, 0.1) is 11.7 Å². The van der Waals surface area contributed by atoms with Crippen molar-refractivity contribution in [2.75, 3.05) is 11.7 Å². The first kappa shape index (κ1) is 6.89. The van der Waals surface area contributed by atoms with Crippen molar-refractivity contribution in [2.45, 2.75) is 13.2 Å². The zero-order valence-electron chi connectivity index (χ0n) is 5.12. The first-order valence-electron chi connectivity index (χ1n) is 2.65. The molecule has 9 heavy (non-hydrogen) atoms. The van der Waals surface area contributed by atoms with Crippen LogP contribution in [0.15, 0.2) is 0 Å². The van der Waals surface area contributed by atoms with Crippen molar-refractivity contribution in [3.8, 4) is 0 Å². The Morgan fingerprint density at radius 2 is 2.67 bits per heavy atom. The van der Waals surface area contributed by atoms with Gasteiger partial charge in [-0.1, -0.05) is 0 Å². The van der Waals surface area contributed by atoms with Crippen molar-refractivity contribution in [3.63, 3.8) is 0 Å². The summed E-state index contributed by atoms with van der Waals surface area (Å²) in [6.07, 6.45) is -0.299. The summed E-state index contributed by atoms with van der Waals surface area (Å²) in [7, 11) is 0. The minimum atomic E-state index is -0.299. The third-order valence-corrected chi connectivity index (χ3v) is 1.70.